The van der Waals surface area contributed by atoms with Gasteiger partial charge in [-0.2, -0.15) is 4.98 Å². The van der Waals surface area contributed by atoms with Crippen LogP contribution in [0, 0.1) is 6.92 Å². The molecule has 3 rings (SSSR count). The lowest BCUT2D eigenvalue weighted by molar-refractivity contribution is 0.111. The highest BCUT2D eigenvalue weighted by atomic mass is 19.1. The molecular formula is C15H24FN5O3. The van der Waals surface area contributed by atoms with E-state index in [2.05, 4.69) is 20.8 Å². The van der Waals surface area contributed by atoms with Crippen molar-refractivity contribution in [2.75, 3.05) is 26.2 Å². The van der Waals surface area contributed by atoms with Crippen molar-refractivity contribution in [1.29, 1.82) is 0 Å². The normalized spacial score (nSPS) is 27.5. The van der Waals surface area contributed by atoms with Crippen LogP contribution >= 0.6 is 0 Å². The maximum Gasteiger partial charge on any atom is 0.314 e. The molecular weight excluding hydrogens is 317 g/mol. The molecule has 2 N–H and O–H groups in total. The molecule has 2 fully saturated rings. The third kappa shape index (κ3) is 4.64. The molecule has 1 aromatic heterocycles. The standard InChI is InChI=1S/C15H24FN5O3/c1-10-19-14(20-24-10)9-21-8-11(16)5-12(21)6-17-15(22)18-7-13-3-2-4-23-13/h11-13H,2-9H2,1H3,(H2,17,18,22)/t11-,12-,13+/m0/s1. The second kappa shape index (κ2) is 7.89. The first-order valence-corrected chi connectivity index (χ1v) is 8.41. The zero-order chi connectivity index (χ0) is 16.9. The number of alkyl halides is 1. The quantitative estimate of drug-likeness (QED) is 0.794. The van der Waals surface area contributed by atoms with Crippen molar-refractivity contribution >= 4 is 6.03 Å². The zero-order valence-electron chi connectivity index (χ0n) is 13.8. The number of aryl methyl sites for hydroxylation is 1. The van der Waals surface area contributed by atoms with Crippen molar-refractivity contribution in [1.82, 2.24) is 25.7 Å². The molecule has 0 unspecified atom stereocenters. The summed E-state index contributed by atoms with van der Waals surface area (Å²) in [6, 6.07) is -0.324. The van der Waals surface area contributed by atoms with E-state index >= 15 is 0 Å². The first-order chi connectivity index (χ1) is 11.6. The number of likely N-dealkylation sites (tertiary alicyclic amines) is 1. The van der Waals surface area contributed by atoms with Crippen molar-refractivity contribution in [3.05, 3.63) is 11.7 Å². The number of amides is 2. The molecule has 3 heterocycles. The van der Waals surface area contributed by atoms with E-state index in [-0.39, 0.29) is 18.2 Å². The highest BCUT2D eigenvalue weighted by Crippen LogP contribution is 2.21. The second-order valence-electron chi connectivity index (χ2n) is 6.37. The van der Waals surface area contributed by atoms with Crippen LogP contribution in [0.5, 0.6) is 0 Å². The first-order valence-electron chi connectivity index (χ1n) is 8.41. The third-order valence-electron chi connectivity index (χ3n) is 4.40. The van der Waals surface area contributed by atoms with Crippen LogP contribution in [0.4, 0.5) is 9.18 Å². The van der Waals surface area contributed by atoms with Crippen LogP contribution in [0.15, 0.2) is 4.52 Å². The topological polar surface area (TPSA) is 92.5 Å². The Balaban J connectivity index is 1.42. The molecule has 134 valence electrons. The van der Waals surface area contributed by atoms with Crippen LogP contribution in [0.2, 0.25) is 0 Å². The molecule has 0 bridgehead atoms. The molecule has 3 atom stereocenters. The summed E-state index contributed by atoms with van der Waals surface area (Å²) in [6.45, 7) is 4.11. The summed E-state index contributed by atoms with van der Waals surface area (Å²) in [6.07, 6.45) is 1.61. The van der Waals surface area contributed by atoms with E-state index in [0.717, 1.165) is 19.4 Å². The molecule has 2 aliphatic rings. The Morgan fingerprint density at radius 3 is 2.96 bits per heavy atom. The van der Waals surface area contributed by atoms with E-state index in [1.165, 1.54) is 0 Å². The van der Waals surface area contributed by atoms with Crippen LogP contribution in [0.25, 0.3) is 0 Å². The van der Waals surface area contributed by atoms with Gasteiger partial charge in [0.05, 0.1) is 12.6 Å². The number of ether oxygens (including phenoxy) is 1. The minimum Gasteiger partial charge on any atom is -0.376 e. The average molecular weight is 341 g/mol. The minimum atomic E-state index is -0.903. The molecule has 8 nitrogen and oxygen atoms in total. The number of carbonyl (C=O) groups excluding carboxylic acids is 1. The van der Waals surface area contributed by atoms with Crippen LogP contribution in [-0.4, -0.2) is 65.6 Å². The molecule has 0 spiro atoms. The number of nitrogens with zero attached hydrogens (tertiary/aromatic N) is 3. The Bertz CT molecular complexity index is 549. The summed E-state index contributed by atoms with van der Waals surface area (Å²) < 4.78 is 24.2. The smallest absolute Gasteiger partial charge is 0.314 e. The predicted octanol–water partition coefficient (Wildman–Crippen LogP) is 0.769. The minimum absolute atomic E-state index is 0.0766. The van der Waals surface area contributed by atoms with Gasteiger partial charge in [0.25, 0.3) is 0 Å². The molecule has 0 saturated carbocycles. The van der Waals surface area contributed by atoms with Crippen molar-refractivity contribution in [2.45, 2.75) is 51.0 Å². The monoisotopic (exact) mass is 341 g/mol. The van der Waals surface area contributed by atoms with Gasteiger partial charge in [-0.1, -0.05) is 5.16 Å². The second-order valence-corrected chi connectivity index (χ2v) is 6.37. The predicted molar refractivity (Wildman–Crippen MR) is 83.1 cm³/mol. The molecule has 9 heteroatoms. The van der Waals surface area contributed by atoms with Crippen molar-refractivity contribution < 1.29 is 18.4 Å². The lowest BCUT2D eigenvalue weighted by Crippen LogP contribution is -2.45. The SMILES string of the molecule is Cc1nc(CN2C[C@@H](F)C[C@H]2CNC(=O)NC[C@H]2CCCO2)no1. The molecule has 0 aromatic carbocycles. The highest BCUT2D eigenvalue weighted by Gasteiger charge is 2.33. The number of urea groups is 1. The average Bonchev–Trinajstić information content (AvgIpc) is 3.26. The number of rotatable bonds is 6. The fourth-order valence-electron chi connectivity index (χ4n) is 3.20. The van der Waals surface area contributed by atoms with Gasteiger partial charge >= 0.3 is 6.03 Å². The lowest BCUT2D eigenvalue weighted by atomic mass is 10.2. The number of hydrogen-bond donors (Lipinski definition) is 2. The van der Waals surface area contributed by atoms with Gasteiger partial charge in [-0.3, -0.25) is 4.90 Å². The van der Waals surface area contributed by atoms with Gasteiger partial charge in [0.1, 0.15) is 6.17 Å². The summed E-state index contributed by atoms with van der Waals surface area (Å²) in [5.74, 6) is 1.03. The van der Waals surface area contributed by atoms with Crippen LogP contribution < -0.4 is 10.6 Å². The Morgan fingerprint density at radius 2 is 2.25 bits per heavy atom. The van der Waals surface area contributed by atoms with Gasteiger partial charge in [0.2, 0.25) is 5.89 Å². The van der Waals surface area contributed by atoms with Gasteiger partial charge in [-0.05, 0) is 19.3 Å². The number of carbonyl (C=O) groups is 1. The van der Waals surface area contributed by atoms with Crippen LogP contribution in [-0.2, 0) is 11.3 Å². The van der Waals surface area contributed by atoms with E-state index in [0.29, 0.717) is 44.3 Å². The van der Waals surface area contributed by atoms with Gasteiger partial charge in [-0.15, -0.1) is 0 Å². The van der Waals surface area contributed by atoms with Gasteiger partial charge in [0.15, 0.2) is 5.82 Å². The molecule has 0 aliphatic carbocycles. The van der Waals surface area contributed by atoms with E-state index in [1.54, 1.807) is 6.92 Å². The van der Waals surface area contributed by atoms with E-state index in [1.807, 2.05) is 4.90 Å². The third-order valence-corrected chi connectivity index (χ3v) is 4.40. The molecule has 24 heavy (non-hydrogen) atoms. The number of halogens is 1. The Kier molecular flexibility index (Phi) is 5.62. The van der Waals surface area contributed by atoms with E-state index in [4.69, 9.17) is 9.26 Å². The highest BCUT2D eigenvalue weighted by molar-refractivity contribution is 5.73. The zero-order valence-corrected chi connectivity index (χ0v) is 13.8. The molecule has 2 saturated heterocycles. The Hall–Kier alpha value is -1.74. The fourth-order valence-corrected chi connectivity index (χ4v) is 3.20. The van der Waals surface area contributed by atoms with E-state index in [9.17, 15) is 9.18 Å². The molecule has 2 amide bonds. The maximum atomic E-state index is 13.8. The number of aromatic nitrogens is 2. The molecule has 1 aromatic rings. The fraction of sp³-hybridized carbons (Fsp3) is 0.800. The van der Waals surface area contributed by atoms with Crippen LogP contribution in [0.3, 0.4) is 0 Å². The van der Waals surface area contributed by atoms with Gasteiger partial charge in [-0.25, -0.2) is 9.18 Å². The summed E-state index contributed by atoms with van der Waals surface area (Å²) in [5.41, 5.74) is 0. The van der Waals surface area contributed by atoms with Gasteiger partial charge in [0, 0.05) is 39.2 Å². The summed E-state index contributed by atoms with van der Waals surface area (Å²) in [7, 11) is 0. The number of nitrogens with one attached hydrogen (secondary N) is 2. The van der Waals surface area contributed by atoms with E-state index < -0.39 is 6.17 Å². The van der Waals surface area contributed by atoms with Crippen molar-refractivity contribution in [3.63, 3.8) is 0 Å². The summed E-state index contributed by atoms with van der Waals surface area (Å²) in [4.78, 5) is 18.0. The summed E-state index contributed by atoms with van der Waals surface area (Å²) >= 11 is 0. The van der Waals surface area contributed by atoms with Crippen LogP contribution in [0.1, 0.15) is 31.0 Å². The largest absolute Gasteiger partial charge is 0.376 e. The molecule has 0 radical (unpaired) electrons. The summed E-state index contributed by atoms with van der Waals surface area (Å²) in [5, 5.41) is 9.46. The lowest BCUT2D eigenvalue weighted by Gasteiger charge is -2.23. The molecule has 2 aliphatic heterocycles. The maximum absolute atomic E-state index is 13.8. The Morgan fingerprint density at radius 1 is 1.42 bits per heavy atom. The first kappa shape index (κ1) is 17.1. The Labute approximate surface area is 140 Å². The number of hydrogen-bond acceptors (Lipinski definition) is 6. The van der Waals surface area contributed by atoms with Crippen molar-refractivity contribution in [2.24, 2.45) is 0 Å². The van der Waals surface area contributed by atoms with Gasteiger partial charge < -0.3 is 19.9 Å². The van der Waals surface area contributed by atoms with Crippen molar-refractivity contribution in [3.8, 4) is 0 Å².